The molecule has 0 amide bonds. The number of hydrogen-bond acceptors (Lipinski definition) is 4. The molecule has 18 heavy (non-hydrogen) atoms. The molecule has 0 radical (unpaired) electrons. The van der Waals surface area contributed by atoms with Crippen LogP contribution < -0.4 is 0 Å². The SMILES string of the molecule is CCC1COCCN1S(=O)(=O)c1ccc(CCl)s1. The van der Waals surface area contributed by atoms with E-state index in [1.807, 2.05) is 6.92 Å². The molecule has 0 spiro atoms. The van der Waals surface area contributed by atoms with Gasteiger partial charge < -0.3 is 4.74 Å². The van der Waals surface area contributed by atoms with Crippen LogP contribution >= 0.6 is 22.9 Å². The monoisotopic (exact) mass is 309 g/mol. The predicted octanol–water partition coefficient (Wildman–Crippen LogP) is 2.29. The Morgan fingerprint density at radius 3 is 2.94 bits per heavy atom. The Bertz CT molecular complexity index is 500. The molecule has 1 unspecified atom stereocenters. The van der Waals surface area contributed by atoms with Gasteiger partial charge in [0.25, 0.3) is 10.0 Å². The summed E-state index contributed by atoms with van der Waals surface area (Å²) in [5.74, 6) is 0.348. The van der Waals surface area contributed by atoms with Gasteiger partial charge in [0.1, 0.15) is 4.21 Å². The number of sulfonamides is 1. The van der Waals surface area contributed by atoms with Gasteiger partial charge in [-0.15, -0.1) is 22.9 Å². The highest BCUT2D eigenvalue weighted by atomic mass is 35.5. The minimum atomic E-state index is -3.40. The second-order valence-corrected chi connectivity index (χ2v) is 7.66. The summed E-state index contributed by atoms with van der Waals surface area (Å²) in [6.45, 7) is 3.34. The smallest absolute Gasteiger partial charge is 0.252 e. The van der Waals surface area contributed by atoms with Crippen LogP contribution in [0.3, 0.4) is 0 Å². The average molecular weight is 310 g/mol. The first-order chi connectivity index (χ1) is 8.59. The Hall–Kier alpha value is -0.140. The summed E-state index contributed by atoms with van der Waals surface area (Å²) in [6, 6.07) is 3.34. The lowest BCUT2D eigenvalue weighted by molar-refractivity contribution is 0.0315. The molecule has 2 rings (SSSR count). The molecule has 102 valence electrons. The largest absolute Gasteiger partial charge is 0.378 e. The van der Waals surface area contributed by atoms with Gasteiger partial charge in [0.15, 0.2) is 0 Å². The van der Waals surface area contributed by atoms with Gasteiger partial charge in [-0.25, -0.2) is 8.42 Å². The van der Waals surface area contributed by atoms with Crippen molar-refractivity contribution in [2.75, 3.05) is 19.8 Å². The normalized spacial score (nSPS) is 22.2. The van der Waals surface area contributed by atoms with Crippen molar-refractivity contribution in [3.63, 3.8) is 0 Å². The van der Waals surface area contributed by atoms with Gasteiger partial charge in [-0.2, -0.15) is 4.31 Å². The van der Waals surface area contributed by atoms with Crippen molar-refractivity contribution in [2.24, 2.45) is 0 Å². The molecule has 0 bridgehead atoms. The maximum Gasteiger partial charge on any atom is 0.252 e. The Labute approximate surface area is 117 Å². The molecule has 1 aromatic rings. The highest BCUT2D eigenvalue weighted by molar-refractivity contribution is 7.91. The van der Waals surface area contributed by atoms with Gasteiger partial charge in [-0.1, -0.05) is 6.92 Å². The summed E-state index contributed by atoms with van der Waals surface area (Å²) in [7, 11) is -3.40. The van der Waals surface area contributed by atoms with Gasteiger partial charge in [0, 0.05) is 17.5 Å². The molecule has 1 aromatic heterocycles. The Kier molecular flexibility index (Phi) is 4.66. The molecule has 0 saturated carbocycles. The minimum absolute atomic E-state index is 0.0645. The summed E-state index contributed by atoms with van der Waals surface area (Å²) in [4.78, 5) is 0.872. The van der Waals surface area contributed by atoms with Gasteiger partial charge in [0.2, 0.25) is 0 Å². The Balaban J connectivity index is 2.28. The van der Waals surface area contributed by atoms with E-state index in [0.29, 0.717) is 29.8 Å². The van der Waals surface area contributed by atoms with E-state index < -0.39 is 10.0 Å². The fraction of sp³-hybridized carbons (Fsp3) is 0.636. The molecule has 2 heterocycles. The van der Waals surface area contributed by atoms with Gasteiger partial charge in [-0.05, 0) is 18.6 Å². The fourth-order valence-electron chi connectivity index (χ4n) is 1.96. The van der Waals surface area contributed by atoms with Gasteiger partial charge in [0.05, 0.1) is 19.1 Å². The third kappa shape index (κ3) is 2.72. The quantitative estimate of drug-likeness (QED) is 0.802. The highest BCUT2D eigenvalue weighted by Crippen LogP contribution is 2.28. The van der Waals surface area contributed by atoms with Crippen LogP contribution in [-0.2, 0) is 20.6 Å². The van der Waals surface area contributed by atoms with E-state index in [9.17, 15) is 8.42 Å². The van der Waals surface area contributed by atoms with Crippen LogP contribution in [0.15, 0.2) is 16.3 Å². The molecular formula is C11H16ClNO3S2. The lowest BCUT2D eigenvalue weighted by Crippen LogP contribution is -2.48. The van der Waals surface area contributed by atoms with Crippen molar-refractivity contribution < 1.29 is 13.2 Å². The first-order valence-corrected chi connectivity index (χ1v) is 8.63. The van der Waals surface area contributed by atoms with E-state index in [1.165, 1.54) is 11.3 Å². The first kappa shape index (κ1) is 14.3. The zero-order chi connectivity index (χ0) is 13.2. The molecule has 1 atom stereocenters. The maximum atomic E-state index is 12.5. The second-order valence-electron chi connectivity index (χ2n) is 4.11. The topological polar surface area (TPSA) is 46.6 Å². The molecule has 1 fully saturated rings. The van der Waals surface area contributed by atoms with Gasteiger partial charge >= 0.3 is 0 Å². The van der Waals surface area contributed by atoms with Crippen molar-refractivity contribution >= 4 is 33.0 Å². The molecule has 4 nitrogen and oxygen atoms in total. The standard InChI is InChI=1S/C11H16ClNO3S2/c1-2-9-8-16-6-5-13(9)18(14,15)11-4-3-10(7-12)17-11/h3-4,9H,2,5-8H2,1H3. The Morgan fingerprint density at radius 1 is 1.56 bits per heavy atom. The van der Waals surface area contributed by atoms with Crippen LogP contribution in [0.1, 0.15) is 18.2 Å². The molecule has 0 aliphatic carbocycles. The molecule has 0 N–H and O–H groups in total. The van der Waals surface area contributed by atoms with Crippen molar-refractivity contribution in [3.8, 4) is 0 Å². The maximum absolute atomic E-state index is 12.5. The first-order valence-electron chi connectivity index (χ1n) is 5.84. The lowest BCUT2D eigenvalue weighted by Gasteiger charge is -2.33. The summed E-state index contributed by atoms with van der Waals surface area (Å²) in [6.07, 6.45) is 0.757. The molecule has 1 aliphatic heterocycles. The van der Waals surface area contributed by atoms with Gasteiger partial charge in [-0.3, -0.25) is 0 Å². The van der Waals surface area contributed by atoms with Crippen LogP contribution in [0.25, 0.3) is 0 Å². The van der Waals surface area contributed by atoms with Crippen LogP contribution in [0.2, 0.25) is 0 Å². The van der Waals surface area contributed by atoms with Crippen LogP contribution in [0.4, 0.5) is 0 Å². The van der Waals surface area contributed by atoms with E-state index >= 15 is 0 Å². The highest BCUT2D eigenvalue weighted by Gasteiger charge is 2.33. The summed E-state index contributed by atoms with van der Waals surface area (Å²) < 4.78 is 32.3. The van der Waals surface area contributed by atoms with Crippen LogP contribution in [0, 0.1) is 0 Å². The van der Waals surface area contributed by atoms with E-state index in [2.05, 4.69) is 0 Å². The van der Waals surface area contributed by atoms with E-state index in [0.717, 1.165) is 11.3 Å². The number of morpholine rings is 1. The van der Waals surface area contributed by atoms with E-state index in [4.69, 9.17) is 16.3 Å². The average Bonchev–Trinajstić information content (AvgIpc) is 2.88. The van der Waals surface area contributed by atoms with Crippen molar-refractivity contribution in [3.05, 3.63) is 17.0 Å². The number of rotatable bonds is 4. The van der Waals surface area contributed by atoms with E-state index in [-0.39, 0.29) is 6.04 Å². The zero-order valence-electron chi connectivity index (χ0n) is 10.1. The van der Waals surface area contributed by atoms with Crippen LogP contribution in [0.5, 0.6) is 0 Å². The van der Waals surface area contributed by atoms with E-state index in [1.54, 1.807) is 16.4 Å². The number of alkyl halides is 1. The summed E-state index contributed by atoms with van der Waals surface area (Å²) >= 11 is 6.96. The number of halogens is 1. The van der Waals surface area contributed by atoms with Crippen molar-refractivity contribution in [2.45, 2.75) is 29.5 Å². The third-order valence-corrected chi connectivity index (χ3v) is 6.93. The second kappa shape index (κ2) is 5.88. The Morgan fingerprint density at radius 2 is 2.33 bits per heavy atom. The summed E-state index contributed by atoms with van der Waals surface area (Å²) in [5.41, 5.74) is 0. The van der Waals surface area contributed by atoms with Crippen LogP contribution in [-0.4, -0.2) is 38.5 Å². The zero-order valence-corrected chi connectivity index (χ0v) is 12.5. The molecular weight excluding hydrogens is 294 g/mol. The minimum Gasteiger partial charge on any atom is -0.378 e. The third-order valence-electron chi connectivity index (χ3n) is 2.98. The van der Waals surface area contributed by atoms with Crippen molar-refractivity contribution in [1.29, 1.82) is 0 Å². The molecule has 1 aliphatic rings. The predicted molar refractivity (Wildman–Crippen MR) is 72.7 cm³/mol. The molecule has 1 saturated heterocycles. The fourth-order valence-corrected chi connectivity index (χ4v) is 5.22. The lowest BCUT2D eigenvalue weighted by atomic mass is 10.2. The summed E-state index contributed by atoms with van der Waals surface area (Å²) in [5, 5.41) is 0. The molecule has 0 aromatic carbocycles. The number of hydrogen-bond donors (Lipinski definition) is 0. The number of thiophene rings is 1. The number of nitrogens with zero attached hydrogens (tertiary/aromatic N) is 1. The number of ether oxygens (including phenoxy) is 1. The van der Waals surface area contributed by atoms with Crippen molar-refractivity contribution in [1.82, 2.24) is 4.31 Å². The molecule has 7 heteroatoms.